The molecule has 2 amide bonds. The van der Waals surface area contributed by atoms with Crippen molar-refractivity contribution in [3.8, 4) is 5.75 Å². The highest BCUT2D eigenvalue weighted by Gasteiger charge is 2.21. The van der Waals surface area contributed by atoms with Gasteiger partial charge in [0.15, 0.2) is 5.82 Å². The Morgan fingerprint density at radius 3 is 2.59 bits per heavy atom. The summed E-state index contributed by atoms with van der Waals surface area (Å²) in [5, 5.41) is 9.82. The smallest absolute Gasteiger partial charge is 0.253 e. The molecule has 0 unspecified atom stereocenters. The number of amides is 2. The minimum atomic E-state index is -0.486. The molecule has 8 nitrogen and oxygen atoms in total. The standard InChI is InChI=1S/C19H18N4O4/c1-13(10-27-15-5-3-2-4-6-15)19(26)23-17-9-14(20-11-24)7-8-16(17)18(22-23)21-12-25/h2-9,11-13H,10H2,1H3,(H,20,24)(H,21,22,25)/t13-/m0/s1. The zero-order chi connectivity index (χ0) is 19.2. The molecule has 0 saturated carbocycles. The number of nitrogens with one attached hydrogen (secondary N) is 2. The van der Waals surface area contributed by atoms with Crippen LogP contribution in [0.3, 0.4) is 0 Å². The lowest BCUT2D eigenvalue weighted by atomic mass is 10.1. The van der Waals surface area contributed by atoms with Crippen molar-refractivity contribution in [3.05, 3.63) is 48.5 Å². The third-order valence-electron chi connectivity index (χ3n) is 3.98. The molecule has 3 aromatic rings. The van der Waals surface area contributed by atoms with Gasteiger partial charge in [0, 0.05) is 11.1 Å². The van der Waals surface area contributed by atoms with Crippen molar-refractivity contribution in [2.45, 2.75) is 6.92 Å². The monoisotopic (exact) mass is 366 g/mol. The van der Waals surface area contributed by atoms with Crippen LogP contribution in [0.1, 0.15) is 11.7 Å². The van der Waals surface area contributed by atoms with Gasteiger partial charge in [0.1, 0.15) is 5.75 Å². The first-order valence-corrected chi connectivity index (χ1v) is 8.29. The van der Waals surface area contributed by atoms with E-state index in [2.05, 4.69) is 15.7 Å². The van der Waals surface area contributed by atoms with E-state index in [1.54, 1.807) is 25.1 Å². The number of para-hydroxylation sites is 1. The van der Waals surface area contributed by atoms with Gasteiger partial charge in [-0.3, -0.25) is 14.4 Å². The summed E-state index contributed by atoms with van der Waals surface area (Å²) in [7, 11) is 0. The fourth-order valence-corrected chi connectivity index (χ4v) is 2.62. The zero-order valence-electron chi connectivity index (χ0n) is 14.6. The Balaban J connectivity index is 1.88. The fourth-order valence-electron chi connectivity index (χ4n) is 2.62. The van der Waals surface area contributed by atoms with E-state index in [0.717, 1.165) is 0 Å². The lowest BCUT2D eigenvalue weighted by molar-refractivity contribution is -0.106. The van der Waals surface area contributed by atoms with Gasteiger partial charge in [-0.1, -0.05) is 25.1 Å². The first-order chi connectivity index (χ1) is 13.1. The van der Waals surface area contributed by atoms with Crippen molar-refractivity contribution in [2.75, 3.05) is 17.2 Å². The van der Waals surface area contributed by atoms with Gasteiger partial charge < -0.3 is 15.4 Å². The summed E-state index contributed by atoms with van der Waals surface area (Å²) in [6.07, 6.45) is 1.04. The maximum atomic E-state index is 12.9. The third-order valence-corrected chi connectivity index (χ3v) is 3.98. The summed E-state index contributed by atoms with van der Waals surface area (Å²) in [6, 6.07) is 14.1. The van der Waals surface area contributed by atoms with Crippen LogP contribution in [0.4, 0.5) is 11.5 Å². The molecule has 2 aromatic carbocycles. The number of nitrogens with zero attached hydrogens (tertiary/aromatic N) is 2. The number of rotatable bonds is 8. The minimum Gasteiger partial charge on any atom is -0.493 e. The number of carbonyl (C=O) groups is 3. The van der Waals surface area contributed by atoms with E-state index in [1.807, 2.05) is 30.3 Å². The average Bonchev–Trinajstić information content (AvgIpc) is 3.05. The average molecular weight is 366 g/mol. The van der Waals surface area contributed by atoms with E-state index in [0.29, 0.717) is 35.2 Å². The van der Waals surface area contributed by atoms with Crippen molar-refractivity contribution in [1.29, 1.82) is 0 Å². The van der Waals surface area contributed by atoms with Gasteiger partial charge in [0.2, 0.25) is 12.8 Å². The van der Waals surface area contributed by atoms with E-state index in [1.165, 1.54) is 4.68 Å². The number of hydrogen-bond donors (Lipinski definition) is 2. The fraction of sp³-hybridized carbons (Fsp3) is 0.158. The second-order valence-corrected chi connectivity index (χ2v) is 5.88. The van der Waals surface area contributed by atoms with E-state index >= 15 is 0 Å². The molecule has 0 spiro atoms. The highest BCUT2D eigenvalue weighted by molar-refractivity contribution is 6.01. The summed E-state index contributed by atoms with van der Waals surface area (Å²) in [5.41, 5.74) is 0.986. The summed E-state index contributed by atoms with van der Waals surface area (Å²) >= 11 is 0. The second-order valence-electron chi connectivity index (χ2n) is 5.88. The number of benzene rings is 2. The molecule has 1 aromatic heterocycles. The van der Waals surface area contributed by atoms with E-state index in [-0.39, 0.29) is 18.3 Å². The summed E-state index contributed by atoms with van der Waals surface area (Å²) in [6.45, 7) is 1.91. The lowest BCUT2D eigenvalue weighted by Gasteiger charge is -2.12. The maximum Gasteiger partial charge on any atom is 0.253 e. The molecule has 3 rings (SSSR count). The predicted molar refractivity (Wildman–Crippen MR) is 101 cm³/mol. The van der Waals surface area contributed by atoms with Crippen molar-refractivity contribution in [2.24, 2.45) is 5.92 Å². The van der Waals surface area contributed by atoms with Gasteiger partial charge >= 0.3 is 0 Å². The highest BCUT2D eigenvalue weighted by Crippen LogP contribution is 2.26. The predicted octanol–water partition coefficient (Wildman–Crippen LogP) is 2.53. The van der Waals surface area contributed by atoms with Crippen LogP contribution in [0.25, 0.3) is 10.9 Å². The Hall–Kier alpha value is -3.68. The Morgan fingerprint density at radius 1 is 1.15 bits per heavy atom. The molecule has 0 aliphatic heterocycles. The summed E-state index contributed by atoms with van der Waals surface area (Å²) in [4.78, 5) is 34.4. The molecule has 8 heteroatoms. The van der Waals surface area contributed by atoms with Gasteiger partial charge in [0.25, 0.3) is 5.91 Å². The van der Waals surface area contributed by atoms with E-state index in [4.69, 9.17) is 4.74 Å². The number of aromatic nitrogens is 2. The van der Waals surface area contributed by atoms with E-state index in [9.17, 15) is 14.4 Å². The Bertz CT molecular complexity index is 969. The highest BCUT2D eigenvalue weighted by atomic mass is 16.5. The molecule has 0 aliphatic carbocycles. The minimum absolute atomic E-state index is 0.174. The Morgan fingerprint density at radius 2 is 1.89 bits per heavy atom. The molecule has 27 heavy (non-hydrogen) atoms. The number of anilines is 2. The van der Waals surface area contributed by atoms with Crippen LogP contribution in [-0.2, 0) is 9.59 Å². The molecule has 1 heterocycles. The lowest BCUT2D eigenvalue weighted by Crippen LogP contribution is -2.25. The van der Waals surface area contributed by atoms with Crippen molar-refractivity contribution >= 4 is 41.1 Å². The van der Waals surface area contributed by atoms with Crippen LogP contribution in [-0.4, -0.2) is 35.1 Å². The van der Waals surface area contributed by atoms with Gasteiger partial charge in [-0.15, -0.1) is 5.10 Å². The first-order valence-electron chi connectivity index (χ1n) is 8.29. The van der Waals surface area contributed by atoms with Gasteiger partial charge in [0.05, 0.1) is 18.0 Å². The molecule has 138 valence electrons. The SMILES string of the molecule is C[C@@H](COc1ccccc1)C(=O)n1nc(NC=O)c2ccc(NC=O)cc21. The number of carbonyl (C=O) groups excluding carboxylic acids is 3. The molecule has 0 fully saturated rings. The van der Waals surface area contributed by atoms with Gasteiger partial charge in [-0.25, -0.2) is 0 Å². The first kappa shape index (κ1) is 18.1. The van der Waals surface area contributed by atoms with Crippen LogP contribution in [0.5, 0.6) is 5.75 Å². The van der Waals surface area contributed by atoms with Gasteiger partial charge in [-0.2, -0.15) is 4.68 Å². The molecule has 0 aliphatic rings. The third kappa shape index (κ3) is 3.95. The molecule has 0 radical (unpaired) electrons. The number of fused-ring (bicyclic) bond motifs is 1. The zero-order valence-corrected chi connectivity index (χ0v) is 14.6. The van der Waals surface area contributed by atoms with Crippen molar-refractivity contribution in [3.63, 3.8) is 0 Å². The van der Waals surface area contributed by atoms with Crippen LogP contribution >= 0.6 is 0 Å². The van der Waals surface area contributed by atoms with Crippen LogP contribution in [0.2, 0.25) is 0 Å². The largest absolute Gasteiger partial charge is 0.493 e. The number of hydrogen-bond acceptors (Lipinski definition) is 5. The van der Waals surface area contributed by atoms with Crippen LogP contribution in [0, 0.1) is 5.92 Å². The number of ether oxygens (including phenoxy) is 1. The van der Waals surface area contributed by atoms with Gasteiger partial charge in [-0.05, 0) is 30.3 Å². The van der Waals surface area contributed by atoms with Crippen molar-refractivity contribution in [1.82, 2.24) is 9.78 Å². The Kier molecular flexibility index (Phi) is 5.46. The normalized spacial score (nSPS) is 11.6. The van der Waals surface area contributed by atoms with Crippen molar-refractivity contribution < 1.29 is 19.1 Å². The maximum absolute atomic E-state index is 12.9. The quantitative estimate of drug-likeness (QED) is 0.597. The van der Waals surface area contributed by atoms with Crippen LogP contribution < -0.4 is 15.4 Å². The molecule has 1 atom stereocenters. The molecule has 0 saturated heterocycles. The summed E-state index contributed by atoms with van der Waals surface area (Å²) < 4.78 is 6.87. The molecule has 0 bridgehead atoms. The van der Waals surface area contributed by atoms with Crippen LogP contribution in [0.15, 0.2) is 48.5 Å². The Labute approximate surface area is 155 Å². The topological polar surface area (TPSA) is 102 Å². The summed E-state index contributed by atoms with van der Waals surface area (Å²) in [5.74, 6) is 0.156. The van der Waals surface area contributed by atoms with E-state index < -0.39 is 5.92 Å². The molecular weight excluding hydrogens is 348 g/mol. The molecular formula is C19H18N4O4. The second kappa shape index (κ2) is 8.13. The molecule has 2 N–H and O–H groups in total.